The van der Waals surface area contributed by atoms with Crippen LogP contribution in [-0.2, 0) is 18.9 Å². The Balaban J connectivity index is 2.34. The van der Waals surface area contributed by atoms with Crippen LogP contribution in [-0.4, -0.2) is 15.0 Å². The smallest absolute Gasteiger partial charge is 0.312 e. The van der Waals surface area contributed by atoms with Gasteiger partial charge in [-0.15, -0.1) is 0 Å². The van der Waals surface area contributed by atoms with E-state index in [1.165, 1.54) is 18.7 Å². The number of carbonyl (C=O) groups is 1. The highest BCUT2D eigenvalue weighted by molar-refractivity contribution is 6.35. The number of hydrogen-bond acceptors (Lipinski definition) is 3. The first-order chi connectivity index (χ1) is 10.8. The molecular weight excluding hydrogens is 341 g/mol. The molecule has 0 radical (unpaired) electrons. The van der Waals surface area contributed by atoms with Crippen LogP contribution in [0.5, 0.6) is 0 Å². The van der Waals surface area contributed by atoms with Crippen molar-refractivity contribution in [1.82, 2.24) is 9.13 Å². The maximum absolute atomic E-state index is 12.6. The van der Waals surface area contributed by atoms with Crippen molar-refractivity contribution in [1.29, 1.82) is 0 Å². The molecule has 2 heterocycles. The molecule has 0 bridgehead atoms. The van der Waals surface area contributed by atoms with Crippen molar-refractivity contribution in [3.8, 4) is 0 Å². The average Bonchev–Trinajstić information content (AvgIpc) is 2.50. The molecule has 0 saturated heterocycles. The summed E-state index contributed by atoms with van der Waals surface area (Å²) in [6.45, 7) is 0. The van der Waals surface area contributed by atoms with E-state index >= 15 is 0 Å². The number of halogens is 2. The summed E-state index contributed by atoms with van der Waals surface area (Å²) in [6.07, 6.45) is 0.0712. The number of carbonyl (C=O) groups excluding carboxylic acids is 1. The summed E-state index contributed by atoms with van der Waals surface area (Å²) in [5.74, 6) is -0.601. The van der Waals surface area contributed by atoms with E-state index in [0.717, 1.165) is 4.57 Å². The van der Waals surface area contributed by atoms with Crippen LogP contribution < -0.4 is 16.6 Å². The lowest BCUT2D eigenvalue weighted by Gasteiger charge is -2.27. The van der Waals surface area contributed by atoms with Gasteiger partial charge in [0.05, 0.1) is 5.56 Å². The molecule has 1 amide bonds. The van der Waals surface area contributed by atoms with Gasteiger partial charge in [0.1, 0.15) is 5.82 Å². The summed E-state index contributed by atoms with van der Waals surface area (Å²) in [6, 6.07) is 4.92. The molecule has 120 valence electrons. The van der Waals surface area contributed by atoms with Crippen LogP contribution in [0.15, 0.2) is 27.8 Å². The van der Waals surface area contributed by atoms with Gasteiger partial charge < -0.3 is 5.32 Å². The number of rotatable bonds is 1. The molecule has 0 aliphatic carbocycles. The van der Waals surface area contributed by atoms with Crippen molar-refractivity contribution in [2.75, 3.05) is 5.32 Å². The van der Waals surface area contributed by atoms with E-state index in [0.29, 0.717) is 21.2 Å². The van der Waals surface area contributed by atoms with Gasteiger partial charge in [0.15, 0.2) is 0 Å². The third-order valence-electron chi connectivity index (χ3n) is 4.03. The zero-order chi connectivity index (χ0) is 16.9. The van der Waals surface area contributed by atoms with Gasteiger partial charge in [0, 0.05) is 36.5 Å². The van der Waals surface area contributed by atoms with Gasteiger partial charge in [0.25, 0.3) is 5.56 Å². The minimum Gasteiger partial charge on any atom is -0.312 e. The second-order valence-electron chi connectivity index (χ2n) is 5.44. The van der Waals surface area contributed by atoms with E-state index in [9.17, 15) is 14.4 Å². The molecule has 1 aromatic carbocycles. The van der Waals surface area contributed by atoms with E-state index in [1.54, 1.807) is 18.2 Å². The minimum atomic E-state index is -0.533. The molecule has 8 heteroatoms. The number of hydrogen-bond donors (Lipinski definition) is 1. The molecule has 1 aliphatic heterocycles. The summed E-state index contributed by atoms with van der Waals surface area (Å²) in [4.78, 5) is 36.7. The standard InChI is InChI=1S/C15H13Cl2N3O3/c1-19-13-12(14(22)20(2)15(19)23)9(6-11(21)18-13)8-4-3-7(16)5-10(8)17/h3-5,9H,6H2,1-2H3,(H,18,21). The second kappa shape index (κ2) is 5.54. The number of benzene rings is 1. The minimum absolute atomic E-state index is 0.0712. The third-order valence-corrected chi connectivity index (χ3v) is 4.60. The molecule has 0 fully saturated rings. The molecule has 3 rings (SSSR count). The third kappa shape index (κ3) is 2.48. The number of aromatic nitrogens is 2. The molecule has 0 spiro atoms. The predicted octanol–water partition coefficient (Wildman–Crippen LogP) is 1.86. The Hall–Kier alpha value is -2.05. The van der Waals surface area contributed by atoms with Crippen LogP contribution in [0.2, 0.25) is 10.0 Å². The first-order valence-corrected chi connectivity index (χ1v) is 7.61. The van der Waals surface area contributed by atoms with Crippen molar-refractivity contribution in [2.45, 2.75) is 12.3 Å². The molecule has 23 heavy (non-hydrogen) atoms. The van der Waals surface area contributed by atoms with E-state index < -0.39 is 17.2 Å². The summed E-state index contributed by atoms with van der Waals surface area (Å²) < 4.78 is 2.28. The Bertz CT molecular complexity index is 946. The summed E-state index contributed by atoms with van der Waals surface area (Å²) in [5.41, 5.74) is 0.0253. The second-order valence-corrected chi connectivity index (χ2v) is 6.28. The molecule has 1 aromatic heterocycles. The van der Waals surface area contributed by atoms with Crippen LogP contribution >= 0.6 is 23.2 Å². The van der Waals surface area contributed by atoms with Gasteiger partial charge in [-0.05, 0) is 17.7 Å². The Morgan fingerprint density at radius 2 is 1.83 bits per heavy atom. The topological polar surface area (TPSA) is 73.1 Å². The van der Waals surface area contributed by atoms with Crippen LogP contribution in [0.4, 0.5) is 5.82 Å². The summed E-state index contributed by atoms with van der Waals surface area (Å²) in [5, 5.41) is 3.45. The molecule has 1 unspecified atom stereocenters. The van der Waals surface area contributed by atoms with Crippen molar-refractivity contribution in [3.63, 3.8) is 0 Å². The highest BCUT2D eigenvalue weighted by atomic mass is 35.5. The van der Waals surface area contributed by atoms with E-state index in [-0.39, 0.29) is 18.1 Å². The van der Waals surface area contributed by atoms with Crippen molar-refractivity contribution in [2.24, 2.45) is 14.1 Å². The van der Waals surface area contributed by atoms with Crippen molar-refractivity contribution < 1.29 is 4.79 Å². The summed E-state index contributed by atoms with van der Waals surface area (Å²) in [7, 11) is 2.91. The number of fused-ring (bicyclic) bond motifs is 1. The highest BCUT2D eigenvalue weighted by Crippen LogP contribution is 2.38. The number of anilines is 1. The van der Waals surface area contributed by atoms with Crippen LogP contribution in [0.1, 0.15) is 23.5 Å². The maximum Gasteiger partial charge on any atom is 0.332 e. The molecule has 1 aliphatic rings. The molecule has 6 nitrogen and oxygen atoms in total. The highest BCUT2D eigenvalue weighted by Gasteiger charge is 2.33. The van der Waals surface area contributed by atoms with E-state index in [4.69, 9.17) is 23.2 Å². The van der Waals surface area contributed by atoms with Gasteiger partial charge in [-0.25, -0.2) is 4.79 Å². The Kier molecular flexibility index (Phi) is 3.82. The molecule has 0 saturated carbocycles. The number of nitrogens with one attached hydrogen (secondary N) is 1. The largest absolute Gasteiger partial charge is 0.332 e. The molecular formula is C15H13Cl2N3O3. The summed E-state index contributed by atoms with van der Waals surface area (Å²) >= 11 is 12.2. The fourth-order valence-corrected chi connectivity index (χ4v) is 3.40. The van der Waals surface area contributed by atoms with Crippen molar-refractivity contribution in [3.05, 3.63) is 60.2 Å². The van der Waals surface area contributed by atoms with Gasteiger partial charge in [-0.1, -0.05) is 29.3 Å². The van der Waals surface area contributed by atoms with E-state index in [1.807, 2.05) is 0 Å². The van der Waals surface area contributed by atoms with E-state index in [2.05, 4.69) is 5.32 Å². The van der Waals surface area contributed by atoms with Crippen LogP contribution in [0.3, 0.4) is 0 Å². The molecule has 1 N–H and O–H groups in total. The SMILES string of the molecule is Cn1c2c(c(=O)n(C)c1=O)C(c1ccc(Cl)cc1Cl)CC(=O)N2. The predicted molar refractivity (Wildman–Crippen MR) is 88.5 cm³/mol. The average molecular weight is 354 g/mol. The van der Waals surface area contributed by atoms with Crippen molar-refractivity contribution >= 4 is 34.9 Å². The first-order valence-electron chi connectivity index (χ1n) is 6.86. The quantitative estimate of drug-likeness (QED) is 0.850. The van der Waals surface area contributed by atoms with Gasteiger partial charge >= 0.3 is 5.69 Å². The molecule has 1 atom stereocenters. The lowest BCUT2D eigenvalue weighted by molar-refractivity contribution is -0.116. The Morgan fingerprint density at radius 3 is 2.48 bits per heavy atom. The monoisotopic (exact) mass is 353 g/mol. The van der Waals surface area contributed by atoms with Gasteiger partial charge in [0.2, 0.25) is 5.91 Å². The Morgan fingerprint density at radius 1 is 1.13 bits per heavy atom. The lowest BCUT2D eigenvalue weighted by atomic mass is 9.86. The zero-order valence-corrected chi connectivity index (χ0v) is 13.9. The first kappa shape index (κ1) is 15.8. The number of nitrogens with zero attached hydrogens (tertiary/aromatic N) is 2. The zero-order valence-electron chi connectivity index (χ0n) is 12.4. The fourth-order valence-electron chi connectivity index (χ4n) is 2.86. The normalized spacial score (nSPS) is 16.9. The van der Waals surface area contributed by atoms with Gasteiger partial charge in [-0.2, -0.15) is 0 Å². The number of amides is 1. The van der Waals surface area contributed by atoms with Crippen LogP contribution in [0.25, 0.3) is 0 Å². The van der Waals surface area contributed by atoms with Gasteiger partial charge in [-0.3, -0.25) is 18.7 Å². The van der Waals surface area contributed by atoms with Crippen LogP contribution in [0, 0.1) is 0 Å². The lowest BCUT2D eigenvalue weighted by Crippen LogP contribution is -2.44. The fraction of sp³-hybridized carbons (Fsp3) is 0.267. The molecule has 2 aromatic rings. The maximum atomic E-state index is 12.6. The Labute approximate surface area is 141 Å².